The van der Waals surface area contributed by atoms with Crippen molar-refractivity contribution in [2.75, 3.05) is 0 Å². The number of aromatic carboxylic acids is 1. The van der Waals surface area contributed by atoms with Gasteiger partial charge in [0.25, 0.3) is 0 Å². The molecule has 2 rings (SSSR count). The molecule has 0 aliphatic heterocycles. The van der Waals surface area contributed by atoms with Crippen molar-refractivity contribution in [2.45, 2.75) is 38.3 Å². The van der Waals surface area contributed by atoms with Crippen LogP contribution in [0.25, 0.3) is 0 Å². The van der Waals surface area contributed by atoms with Gasteiger partial charge in [0, 0.05) is 12.2 Å². The summed E-state index contributed by atoms with van der Waals surface area (Å²) in [6, 6.07) is 3.39. The molecule has 1 aromatic heterocycles. The summed E-state index contributed by atoms with van der Waals surface area (Å²) in [7, 11) is 0. The molecule has 2 N–H and O–H groups in total. The molecule has 0 atom stereocenters. The Morgan fingerprint density at radius 1 is 1.41 bits per heavy atom. The molecule has 0 bridgehead atoms. The summed E-state index contributed by atoms with van der Waals surface area (Å²) in [6.07, 6.45) is 5.99. The van der Waals surface area contributed by atoms with Gasteiger partial charge in [-0.1, -0.05) is 12.8 Å². The van der Waals surface area contributed by atoms with Crippen LogP contribution in [0, 0.1) is 0 Å². The lowest BCUT2D eigenvalue weighted by atomic mass is 10.2. The Kier molecular flexibility index (Phi) is 3.46. The van der Waals surface area contributed by atoms with Crippen LogP contribution in [-0.4, -0.2) is 27.6 Å². The van der Waals surface area contributed by atoms with Crippen molar-refractivity contribution >= 4 is 11.9 Å². The molecule has 1 saturated carbocycles. The van der Waals surface area contributed by atoms with Gasteiger partial charge in [0.05, 0.1) is 0 Å². The fourth-order valence-corrected chi connectivity index (χ4v) is 2.24. The van der Waals surface area contributed by atoms with E-state index in [-0.39, 0.29) is 24.2 Å². The normalized spacial score (nSPS) is 16.0. The summed E-state index contributed by atoms with van der Waals surface area (Å²) in [4.78, 5) is 22.6. The van der Waals surface area contributed by atoms with Crippen LogP contribution in [0.1, 0.15) is 36.2 Å². The molecule has 0 spiro atoms. The second kappa shape index (κ2) is 5.03. The fraction of sp³-hybridized carbons (Fsp3) is 0.500. The SMILES string of the molecule is O=C(Cn1cccc1C(=O)O)NC1CCCC1. The maximum Gasteiger partial charge on any atom is 0.352 e. The minimum Gasteiger partial charge on any atom is -0.477 e. The van der Waals surface area contributed by atoms with Gasteiger partial charge in [0.1, 0.15) is 12.2 Å². The Bertz CT molecular complexity index is 419. The molecule has 1 fully saturated rings. The van der Waals surface area contributed by atoms with Gasteiger partial charge >= 0.3 is 5.97 Å². The zero-order valence-electron chi connectivity index (χ0n) is 9.56. The lowest BCUT2D eigenvalue weighted by molar-refractivity contribution is -0.122. The molecule has 1 amide bonds. The topological polar surface area (TPSA) is 71.3 Å². The molecule has 1 aliphatic rings. The molecule has 1 heterocycles. The Balaban J connectivity index is 1.93. The van der Waals surface area contributed by atoms with Crippen molar-refractivity contribution in [3.63, 3.8) is 0 Å². The van der Waals surface area contributed by atoms with Crippen molar-refractivity contribution in [3.05, 3.63) is 24.0 Å². The lowest BCUT2D eigenvalue weighted by Gasteiger charge is -2.12. The smallest absolute Gasteiger partial charge is 0.352 e. The predicted octanol–water partition coefficient (Wildman–Crippen LogP) is 1.25. The summed E-state index contributed by atoms with van der Waals surface area (Å²) in [5, 5.41) is 11.8. The monoisotopic (exact) mass is 236 g/mol. The van der Waals surface area contributed by atoms with E-state index < -0.39 is 5.97 Å². The van der Waals surface area contributed by atoms with Crippen LogP contribution in [0.3, 0.4) is 0 Å². The van der Waals surface area contributed by atoms with Gasteiger partial charge in [-0.2, -0.15) is 0 Å². The van der Waals surface area contributed by atoms with Gasteiger partial charge in [-0.25, -0.2) is 4.79 Å². The van der Waals surface area contributed by atoms with Gasteiger partial charge in [0.15, 0.2) is 0 Å². The van der Waals surface area contributed by atoms with Gasteiger partial charge in [-0.3, -0.25) is 4.79 Å². The number of hydrogen-bond donors (Lipinski definition) is 2. The quantitative estimate of drug-likeness (QED) is 0.826. The second-order valence-corrected chi connectivity index (χ2v) is 4.38. The van der Waals surface area contributed by atoms with E-state index in [4.69, 9.17) is 5.11 Å². The minimum atomic E-state index is -1.01. The van der Waals surface area contributed by atoms with E-state index in [1.807, 2.05) is 0 Å². The molecule has 92 valence electrons. The molecule has 0 radical (unpaired) electrons. The standard InChI is InChI=1S/C12H16N2O3/c15-11(13-9-4-1-2-5-9)8-14-7-3-6-10(14)12(16)17/h3,6-7,9H,1-2,4-5,8H2,(H,13,15)(H,16,17). The first-order valence-electron chi connectivity index (χ1n) is 5.84. The van der Waals surface area contributed by atoms with E-state index in [0.29, 0.717) is 0 Å². The fourth-order valence-electron chi connectivity index (χ4n) is 2.24. The van der Waals surface area contributed by atoms with E-state index in [0.717, 1.165) is 25.7 Å². The molecule has 1 aliphatic carbocycles. The van der Waals surface area contributed by atoms with E-state index in [9.17, 15) is 9.59 Å². The summed E-state index contributed by atoms with van der Waals surface area (Å²) >= 11 is 0. The number of hydrogen-bond acceptors (Lipinski definition) is 2. The first-order chi connectivity index (χ1) is 8.16. The average molecular weight is 236 g/mol. The summed E-state index contributed by atoms with van der Waals surface area (Å²) < 4.78 is 1.45. The van der Waals surface area contributed by atoms with Crippen LogP contribution in [-0.2, 0) is 11.3 Å². The number of rotatable bonds is 4. The van der Waals surface area contributed by atoms with Crippen LogP contribution < -0.4 is 5.32 Å². The molecular weight excluding hydrogens is 220 g/mol. The maximum atomic E-state index is 11.7. The third-order valence-electron chi connectivity index (χ3n) is 3.08. The zero-order valence-corrected chi connectivity index (χ0v) is 9.56. The number of carbonyl (C=O) groups excluding carboxylic acids is 1. The summed E-state index contributed by atoms with van der Waals surface area (Å²) in [5.74, 6) is -1.13. The molecule has 5 nitrogen and oxygen atoms in total. The van der Waals surface area contributed by atoms with Crippen molar-refractivity contribution in [2.24, 2.45) is 0 Å². The first-order valence-corrected chi connectivity index (χ1v) is 5.84. The van der Waals surface area contributed by atoms with Crippen LogP contribution in [0.5, 0.6) is 0 Å². The number of amides is 1. The van der Waals surface area contributed by atoms with E-state index >= 15 is 0 Å². The lowest BCUT2D eigenvalue weighted by Crippen LogP contribution is -2.35. The Morgan fingerprint density at radius 2 is 2.12 bits per heavy atom. The van der Waals surface area contributed by atoms with Gasteiger partial charge in [-0.05, 0) is 25.0 Å². The molecule has 1 aromatic rings. The first kappa shape index (κ1) is 11.7. The Hall–Kier alpha value is -1.78. The van der Waals surface area contributed by atoms with E-state index in [2.05, 4.69) is 5.32 Å². The number of carboxylic acid groups (broad SMARTS) is 1. The molecule has 0 unspecified atom stereocenters. The van der Waals surface area contributed by atoms with Gasteiger partial charge < -0.3 is 15.0 Å². The number of nitrogens with zero attached hydrogens (tertiary/aromatic N) is 1. The van der Waals surface area contributed by atoms with Crippen LogP contribution >= 0.6 is 0 Å². The number of carboxylic acids is 1. The molecule has 17 heavy (non-hydrogen) atoms. The average Bonchev–Trinajstić information content (AvgIpc) is 2.88. The number of aromatic nitrogens is 1. The van der Waals surface area contributed by atoms with E-state index in [1.54, 1.807) is 12.3 Å². The molecule has 0 aromatic carbocycles. The van der Waals surface area contributed by atoms with Crippen molar-refractivity contribution in [1.29, 1.82) is 0 Å². The van der Waals surface area contributed by atoms with Crippen molar-refractivity contribution in [3.8, 4) is 0 Å². The Labute approximate surface area is 99.4 Å². The maximum absolute atomic E-state index is 11.7. The Morgan fingerprint density at radius 3 is 2.76 bits per heavy atom. The minimum absolute atomic E-state index is 0.0745. The van der Waals surface area contributed by atoms with Crippen molar-refractivity contribution in [1.82, 2.24) is 9.88 Å². The van der Waals surface area contributed by atoms with Crippen molar-refractivity contribution < 1.29 is 14.7 Å². The van der Waals surface area contributed by atoms with Crippen LogP contribution in [0.4, 0.5) is 0 Å². The third-order valence-corrected chi connectivity index (χ3v) is 3.08. The predicted molar refractivity (Wildman–Crippen MR) is 61.8 cm³/mol. The second-order valence-electron chi connectivity index (χ2n) is 4.38. The highest BCUT2D eigenvalue weighted by Crippen LogP contribution is 2.17. The molecule has 5 heteroatoms. The third kappa shape index (κ3) is 2.87. The summed E-state index contributed by atoms with van der Waals surface area (Å²) in [5.41, 5.74) is 0.145. The van der Waals surface area contributed by atoms with Crippen LogP contribution in [0.2, 0.25) is 0 Å². The van der Waals surface area contributed by atoms with E-state index in [1.165, 1.54) is 10.6 Å². The highest BCUT2D eigenvalue weighted by molar-refractivity contribution is 5.86. The number of carbonyl (C=O) groups is 2. The number of nitrogens with one attached hydrogen (secondary N) is 1. The molecule has 0 saturated heterocycles. The molecular formula is C12H16N2O3. The largest absolute Gasteiger partial charge is 0.477 e. The van der Waals surface area contributed by atoms with Crippen LogP contribution in [0.15, 0.2) is 18.3 Å². The highest BCUT2D eigenvalue weighted by Gasteiger charge is 2.18. The van der Waals surface area contributed by atoms with Gasteiger partial charge in [0.2, 0.25) is 5.91 Å². The summed E-state index contributed by atoms with van der Waals surface area (Å²) in [6.45, 7) is 0.0745. The highest BCUT2D eigenvalue weighted by atomic mass is 16.4. The zero-order chi connectivity index (χ0) is 12.3. The van der Waals surface area contributed by atoms with Gasteiger partial charge in [-0.15, -0.1) is 0 Å².